The van der Waals surface area contributed by atoms with Gasteiger partial charge < -0.3 is 14.2 Å². The summed E-state index contributed by atoms with van der Waals surface area (Å²) in [6.07, 6.45) is 8.83. The molecule has 0 amide bonds. The van der Waals surface area contributed by atoms with Crippen molar-refractivity contribution in [2.45, 2.75) is 43.9 Å². The molecule has 0 unspecified atom stereocenters. The molecule has 4 fully saturated rings. The molecular formula is C21H28O4. The molecule has 4 nitrogen and oxygen atoms in total. The fourth-order valence-corrected chi connectivity index (χ4v) is 6.11. The molecule has 4 heteroatoms. The number of carbonyl (C=O) groups is 1. The average Bonchev–Trinajstić information content (AvgIpc) is 2.60. The van der Waals surface area contributed by atoms with E-state index < -0.39 is 0 Å². The number of methoxy groups -OCH3 is 2. The minimum absolute atomic E-state index is 0.200. The zero-order valence-corrected chi connectivity index (χ0v) is 15.3. The Balaban J connectivity index is 1.76. The fourth-order valence-electron chi connectivity index (χ4n) is 6.11. The minimum Gasteiger partial charge on any atom is -0.492 e. The molecule has 0 aromatic heterocycles. The number of hydrogen-bond acceptors (Lipinski definition) is 4. The summed E-state index contributed by atoms with van der Waals surface area (Å²) in [7, 11) is 3.29. The SMILES string of the molecule is COCCOc1c(C23CC4CC(CC(C4)C2)C3)ccc(C=O)c1OC. The molecule has 1 aromatic rings. The molecule has 1 aromatic carbocycles. The van der Waals surface area contributed by atoms with E-state index in [1.165, 1.54) is 44.1 Å². The highest BCUT2D eigenvalue weighted by atomic mass is 16.5. The number of rotatable bonds is 7. The fraction of sp³-hybridized carbons (Fsp3) is 0.667. The van der Waals surface area contributed by atoms with Crippen LogP contribution in [0.25, 0.3) is 0 Å². The third-order valence-corrected chi connectivity index (χ3v) is 6.62. The van der Waals surface area contributed by atoms with Crippen LogP contribution in [0.1, 0.15) is 54.4 Å². The highest BCUT2D eigenvalue weighted by Gasteiger charge is 2.52. The predicted molar refractivity (Wildman–Crippen MR) is 95.6 cm³/mol. The van der Waals surface area contributed by atoms with Gasteiger partial charge in [-0.15, -0.1) is 0 Å². The first kappa shape index (κ1) is 16.9. The van der Waals surface area contributed by atoms with Crippen molar-refractivity contribution in [2.75, 3.05) is 27.4 Å². The Bertz CT molecular complexity index is 616. The first-order valence-electron chi connectivity index (χ1n) is 9.47. The summed E-state index contributed by atoms with van der Waals surface area (Å²) in [6, 6.07) is 4.03. The van der Waals surface area contributed by atoms with Gasteiger partial charge in [0.25, 0.3) is 0 Å². The van der Waals surface area contributed by atoms with Crippen molar-refractivity contribution in [3.8, 4) is 11.5 Å². The maximum Gasteiger partial charge on any atom is 0.171 e. The lowest BCUT2D eigenvalue weighted by molar-refractivity contribution is -0.00677. The molecule has 4 bridgehead atoms. The highest BCUT2D eigenvalue weighted by Crippen LogP contribution is 2.62. The first-order chi connectivity index (χ1) is 12.2. The van der Waals surface area contributed by atoms with E-state index >= 15 is 0 Å². The molecule has 5 rings (SSSR count). The van der Waals surface area contributed by atoms with E-state index in [0.29, 0.717) is 24.5 Å². The molecular weight excluding hydrogens is 316 g/mol. The molecule has 4 saturated carbocycles. The summed E-state index contributed by atoms with van der Waals surface area (Å²) >= 11 is 0. The number of hydrogen-bond donors (Lipinski definition) is 0. The van der Waals surface area contributed by atoms with Gasteiger partial charge in [0.1, 0.15) is 6.61 Å². The van der Waals surface area contributed by atoms with Gasteiger partial charge in [0, 0.05) is 12.7 Å². The van der Waals surface area contributed by atoms with Gasteiger partial charge in [-0.3, -0.25) is 4.79 Å². The van der Waals surface area contributed by atoms with Crippen LogP contribution in [0.15, 0.2) is 12.1 Å². The summed E-state index contributed by atoms with van der Waals surface area (Å²) in [6.45, 7) is 0.989. The Morgan fingerprint density at radius 3 is 2.16 bits per heavy atom. The number of aldehydes is 1. The third-order valence-electron chi connectivity index (χ3n) is 6.62. The smallest absolute Gasteiger partial charge is 0.171 e. The monoisotopic (exact) mass is 344 g/mol. The molecule has 0 atom stereocenters. The van der Waals surface area contributed by atoms with E-state index in [0.717, 1.165) is 29.8 Å². The van der Waals surface area contributed by atoms with Crippen LogP contribution in [0.3, 0.4) is 0 Å². The molecule has 0 spiro atoms. The van der Waals surface area contributed by atoms with Crippen LogP contribution in [-0.2, 0) is 10.2 Å². The lowest BCUT2D eigenvalue weighted by Crippen LogP contribution is -2.48. The van der Waals surface area contributed by atoms with Gasteiger partial charge in [-0.2, -0.15) is 0 Å². The Morgan fingerprint density at radius 2 is 1.64 bits per heavy atom. The topological polar surface area (TPSA) is 44.8 Å². The zero-order chi connectivity index (χ0) is 17.4. The van der Waals surface area contributed by atoms with E-state index in [4.69, 9.17) is 14.2 Å². The standard InChI is InChI=1S/C21H28O4/c1-23-5-6-25-20-18(4-3-17(13-22)19(20)24-2)21-10-14-7-15(11-21)9-16(8-14)12-21/h3-4,13-16H,5-12H2,1-2H3. The van der Waals surface area contributed by atoms with E-state index in [2.05, 4.69) is 6.07 Å². The largest absolute Gasteiger partial charge is 0.492 e. The quantitative estimate of drug-likeness (QED) is 0.554. The molecule has 0 saturated heterocycles. The summed E-state index contributed by atoms with van der Waals surface area (Å²) in [5.74, 6) is 3.92. The van der Waals surface area contributed by atoms with E-state index in [-0.39, 0.29) is 5.41 Å². The molecule has 0 aliphatic heterocycles. The molecule has 0 radical (unpaired) electrons. The minimum atomic E-state index is 0.200. The number of carbonyl (C=O) groups excluding carboxylic acids is 1. The maximum atomic E-state index is 11.5. The lowest BCUT2D eigenvalue weighted by atomic mass is 9.48. The normalized spacial score (nSPS) is 32.6. The van der Waals surface area contributed by atoms with Crippen molar-refractivity contribution < 1.29 is 19.0 Å². The van der Waals surface area contributed by atoms with Gasteiger partial charge in [-0.1, -0.05) is 6.07 Å². The van der Waals surface area contributed by atoms with Crippen LogP contribution in [-0.4, -0.2) is 33.7 Å². The summed E-state index contributed by atoms with van der Waals surface area (Å²) < 4.78 is 16.9. The second-order valence-corrected chi connectivity index (χ2v) is 8.22. The Labute approximate surface area is 149 Å². The predicted octanol–water partition coefficient (Wildman–Crippen LogP) is 4.00. The molecule has 4 aliphatic carbocycles. The molecule has 25 heavy (non-hydrogen) atoms. The summed E-state index contributed by atoms with van der Waals surface area (Å²) in [4.78, 5) is 11.5. The van der Waals surface area contributed by atoms with Crippen molar-refractivity contribution in [1.82, 2.24) is 0 Å². The van der Waals surface area contributed by atoms with Crippen LogP contribution in [0.4, 0.5) is 0 Å². The average molecular weight is 344 g/mol. The van der Waals surface area contributed by atoms with Crippen LogP contribution < -0.4 is 9.47 Å². The Hall–Kier alpha value is -1.55. The van der Waals surface area contributed by atoms with Crippen LogP contribution in [0.5, 0.6) is 11.5 Å². The summed E-state index contributed by atoms with van der Waals surface area (Å²) in [5.41, 5.74) is 2.01. The van der Waals surface area contributed by atoms with Crippen LogP contribution >= 0.6 is 0 Å². The Morgan fingerprint density at radius 1 is 1.00 bits per heavy atom. The lowest BCUT2D eigenvalue weighted by Gasteiger charge is -2.57. The first-order valence-corrected chi connectivity index (χ1v) is 9.47. The van der Waals surface area contributed by atoms with Gasteiger partial charge >= 0.3 is 0 Å². The maximum absolute atomic E-state index is 11.5. The summed E-state index contributed by atoms with van der Waals surface area (Å²) in [5, 5.41) is 0. The van der Waals surface area contributed by atoms with E-state index in [1.807, 2.05) is 6.07 Å². The van der Waals surface area contributed by atoms with E-state index in [9.17, 15) is 4.79 Å². The third kappa shape index (κ3) is 2.84. The van der Waals surface area contributed by atoms with Gasteiger partial charge in [0.2, 0.25) is 0 Å². The Kier molecular flexibility index (Phi) is 4.48. The van der Waals surface area contributed by atoms with Crippen molar-refractivity contribution >= 4 is 6.29 Å². The van der Waals surface area contributed by atoms with Crippen LogP contribution in [0.2, 0.25) is 0 Å². The number of ether oxygens (including phenoxy) is 3. The molecule has 0 heterocycles. The van der Waals surface area contributed by atoms with Gasteiger partial charge in [-0.05, 0) is 67.8 Å². The highest BCUT2D eigenvalue weighted by molar-refractivity contribution is 5.82. The van der Waals surface area contributed by atoms with Crippen LogP contribution in [0, 0.1) is 17.8 Å². The van der Waals surface area contributed by atoms with Crippen molar-refractivity contribution in [3.05, 3.63) is 23.3 Å². The number of benzene rings is 1. The van der Waals surface area contributed by atoms with E-state index in [1.54, 1.807) is 14.2 Å². The van der Waals surface area contributed by atoms with Gasteiger partial charge in [0.15, 0.2) is 17.8 Å². The van der Waals surface area contributed by atoms with Gasteiger partial charge in [-0.25, -0.2) is 0 Å². The zero-order valence-electron chi connectivity index (χ0n) is 15.3. The van der Waals surface area contributed by atoms with Crippen molar-refractivity contribution in [2.24, 2.45) is 17.8 Å². The second kappa shape index (κ2) is 6.64. The molecule has 0 N–H and O–H groups in total. The second-order valence-electron chi connectivity index (χ2n) is 8.22. The van der Waals surface area contributed by atoms with Crippen molar-refractivity contribution in [3.63, 3.8) is 0 Å². The molecule has 136 valence electrons. The van der Waals surface area contributed by atoms with Crippen molar-refractivity contribution in [1.29, 1.82) is 0 Å². The van der Waals surface area contributed by atoms with Gasteiger partial charge in [0.05, 0.1) is 19.3 Å². The molecule has 4 aliphatic rings.